The van der Waals surface area contributed by atoms with Gasteiger partial charge in [-0.05, 0) is 25.2 Å². The molecule has 1 saturated heterocycles. The van der Waals surface area contributed by atoms with Crippen molar-refractivity contribution in [3.8, 4) is 0 Å². The van der Waals surface area contributed by atoms with Crippen molar-refractivity contribution in [1.82, 2.24) is 15.4 Å². The first-order valence-electron chi connectivity index (χ1n) is 8.39. The number of amides is 1. The van der Waals surface area contributed by atoms with Crippen LogP contribution < -0.4 is 5.32 Å². The molecule has 0 bridgehead atoms. The minimum atomic E-state index is -2.93. The van der Waals surface area contributed by atoms with E-state index in [2.05, 4.69) is 29.2 Å². The lowest BCUT2D eigenvalue weighted by atomic mass is 10.0. The molecule has 0 radical (unpaired) electrons. The van der Waals surface area contributed by atoms with Crippen LogP contribution in [-0.4, -0.2) is 62.1 Å². The highest BCUT2D eigenvalue weighted by Gasteiger charge is 2.23. The van der Waals surface area contributed by atoms with E-state index in [4.69, 9.17) is 4.52 Å². The average molecular weight is 357 g/mol. The number of rotatable bonds is 7. The minimum absolute atomic E-state index is 0.0885. The smallest absolute Gasteiger partial charge is 0.290 e. The Balaban J connectivity index is 1.77. The molecule has 0 unspecified atom stereocenters. The number of sulfone groups is 1. The van der Waals surface area contributed by atoms with Crippen molar-refractivity contribution >= 4 is 15.7 Å². The zero-order valence-electron chi connectivity index (χ0n) is 14.6. The number of aromatic nitrogens is 1. The molecule has 0 aromatic carbocycles. The summed E-state index contributed by atoms with van der Waals surface area (Å²) in [5, 5.41) is 6.91. The van der Waals surface area contributed by atoms with E-state index in [1.165, 1.54) is 6.26 Å². The van der Waals surface area contributed by atoms with Gasteiger partial charge in [0.2, 0.25) is 5.76 Å². The van der Waals surface area contributed by atoms with E-state index in [1.54, 1.807) is 6.07 Å². The van der Waals surface area contributed by atoms with Crippen molar-refractivity contribution < 1.29 is 17.7 Å². The second-order valence-corrected chi connectivity index (χ2v) is 9.26. The van der Waals surface area contributed by atoms with E-state index in [1.807, 2.05) is 0 Å². The van der Waals surface area contributed by atoms with E-state index in [9.17, 15) is 13.2 Å². The van der Waals surface area contributed by atoms with Gasteiger partial charge in [-0.3, -0.25) is 4.79 Å². The van der Waals surface area contributed by atoms with Gasteiger partial charge in [-0.15, -0.1) is 0 Å². The lowest BCUT2D eigenvalue weighted by Crippen LogP contribution is -2.45. The normalized spacial score (nSPS) is 17.3. The highest BCUT2D eigenvalue weighted by atomic mass is 32.2. The molecule has 1 aromatic rings. The maximum Gasteiger partial charge on any atom is 0.290 e. The average Bonchev–Trinajstić information content (AvgIpc) is 2.93. The van der Waals surface area contributed by atoms with Gasteiger partial charge in [-0.1, -0.05) is 19.0 Å². The molecular formula is C16H27N3O4S. The Bertz CT molecular complexity index is 646. The largest absolute Gasteiger partial charge is 0.351 e. The summed E-state index contributed by atoms with van der Waals surface area (Å²) in [6.45, 7) is 6.31. The first kappa shape index (κ1) is 18.9. The molecule has 1 fully saturated rings. The molecule has 0 atom stereocenters. The molecule has 1 aliphatic heterocycles. The number of hydrogen-bond acceptors (Lipinski definition) is 6. The second-order valence-electron chi connectivity index (χ2n) is 7.00. The van der Waals surface area contributed by atoms with Gasteiger partial charge in [0.1, 0.15) is 9.84 Å². The topological polar surface area (TPSA) is 92.5 Å². The summed E-state index contributed by atoms with van der Waals surface area (Å²) in [6.07, 6.45) is 3.66. The quantitative estimate of drug-likeness (QED) is 0.786. The summed E-state index contributed by atoms with van der Waals surface area (Å²) in [6, 6.07) is 1.79. The summed E-state index contributed by atoms with van der Waals surface area (Å²) in [5.74, 6) is 0.667. The number of nitrogens with one attached hydrogen (secondary N) is 1. The van der Waals surface area contributed by atoms with Crippen LogP contribution in [0.3, 0.4) is 0 Å². The summed E-state index contributed by atoms with van der Waals surface area (Å²) < 4.78 is 27.5. The maximum atomic E-state index is 12.2. The lowest BCUT2D eigenvalue weighted by molar-refractivity contribution is 0.0875. The Morgan fingerprint density at radius 1 is 1.42 bits per heavy atom. The fraction of sp³-hybridized carbons (Fsp3) is 0.750. The fourth-order valence-electron chi connectivity index (χ4n) is 2.79. The number of carbonyl (C=O) groups excluding carboxylic acids is 1. The Hall–Kier alpha value is -1.41. The van der Waals surface area contributed by atoms with E-state index in [0.29, 0.717) is 12.5 Å². The zero-order chi connectivity index (χ0) is 17.7. The Labute approximate surface area is 143 Å². The van der Waals surface area contributed by atoms with Crippen LogP contribution in [0.15, 0.2) is 10.6 Å². The SMILES string of the molecule is CC(C)Cc1cc(C(=O)NC2CCN(CCS(C)(=O)=O)CC2)on1. The van der Waals surface area contributed by atoms with Crippen LogP contribution in [0.1, 0.15) is 42.9 Å². The molecule has 1 N–H and O–H groups in total. The summed E-state index contributed by atoms with van der Waals surface area (Å²) >= 11 is 0. The van der Waals surface area contributed by atoms with Gasteiger partial charge in [0, 0.05) is 38.0 Å². The van der Waals surface area contributed by atoms with Crippen molar-refractivity contribution in [3.63, 3.8) is 0 Å². The van der Waals surface area contributed by atoms with Crippen LogP contribution in [0, 0.1) is 5.92 Å². The highest BCUT2D eigenvalue weighted by Crippen LogP contribution is 2.13. The first-order chi connectivity index (χ1) is 11.2. The molecular weight excluding hydrogens is 330 g/mol. The lowest BCUT2D eigenvalue weighted by Gasteiger charge is -2.31. The van der Waals surface area contributed by atoms with E-state index < -0.39 is 9.84 Å². The third kappa shape index (κ3) is 6.24. The number of carbonyl (C=O) groups is 1. The number of piperidine rings is 1. The van der Waals surface area contributed by atoms with Crippen LogP contribution in [0.25, 0.3) is 0 Å². The molecule has 1 amide bonds. The molecule has 1 aliphatic rings. The maximum absolute atomic E-state index is 12.2. The van der Waals surface area contributed by atoms with Gasteiger partial charge in [-0.2, -0.15) is 0 Å². The van der Waals surface area contributed by atoms with Gasteiger partial charge < -0.3 is 14.7 Å². The van der Waals surface area contributed by atoms with Gasteiger partial charge in [0.25, 0.3) is 5.91 Å². The minimum Gasteiger partial charge on any atom is -0.351 e. The number of hydrogen-bond donors (Lipinski definition) is 1. The second kappa shape index (κ2) is 8.11. The molecule has 2 rings (SSSR count). The zero-order valence-corrected chi connectivity index (χ0v) is 15.4. The molecule has 8 heteroatoms. The molecule has 2 heterocycles. The molecule has 7 nitrogen and oxygen atoms in total. The molecule has 136 valence electrons. The van der Waals surface area contributed by atoms with Crippen LogP contribution in [0.2, 0.25) is 0 Å². The van der Waals surface area contributed by atoms with Crippen LogP contribution >= 0.6 is 0 Å². The van der Waals surface area contributed by atoms with Crippen molar-refractivity contribution in [3.05, 3.63) is 17.5 Å². The molecule has 24 heavy (non-hydrogen) atoms. The standard InChI is InChI=1S/C16H27N3O4S/c1-12(2)10-14-11-15(23-18-14)16(20)17-13-4-6-19(7-5-13)8-9-24(3,21)22/h11-13H,4-10H2,1-3H3,(H,17,20). The fourth-order valence-corrected chi connectivity index (χ4v) is 3.38. The number of nitrogens with zero attached hydrogens (tertiary/aromatic N) is 2. The molecule has 0 saturated carbocycles. The predicted molar refractivity (Wildman–Crippen MR) is 91.7 cm³/mol. The third-order valence-electron chi connectivity index (χ3n) is 4.10. The van der Waals surface area contributed by atoms with Gasteiger partial charge in [-0.25, -0.2) is 8.42 Å². The van der Waals surface area contributed by atoms with Crippen molar-refractivity contribution in [2.24, 2.45) is 5.92 Å². The predicted octanol–water partition coefficient (Wildman–Crippen LogP) is 1.11. The van der Waals surface area contributed by atoms with Crippen molar-refractivity contribution in [1.29, 1.82) is 0 Å². The van der Waals surface area contributed by atoms with Crippen molar-refractivity contribution in [2.75, 3.05) is 31.6 Å². The summed E-state index contributed by atoms with van der Waals surface area (Å²) in [7, 11) is -2.93. The van der Waals surface area contributed by atoms with Crippen LogP contribution in [0.4, 0.5) is 0 Å². The van der Waals surface area contributed by atoms with E-state index in [0.717, 1.165) is 38.0 Å². The van der Waals surface area contributed by atoms with E-state index >= 15 is 0 Å². The molecule has 0 aliphatic carbocycles. The van der Waals surface area contributed by atoms with Gasteiger partial charge in [0.05, 0.1) is 11.4 Å². The molecule has 1 aromatic heterocycles. The monoisotopic (exact) mass is 357 g/mol. The summed E-state index contributed by atoms with van der Waals surface area (Å²) in [4.78, 5) is 14.3. The van der Waals surface area contributed by atoms with Crippen molar-refractivity contribution in [2.45, 2.75) is 39.2 Å². The third-order valence-corrected chi connectivity index (χ3v) is 5.03. The van der Waals surface area contributed by atoms with E-state index in [-0.39, 0.29) is 23.5 Å². The summed E-state index contributed by atoms with van der Waals surface area (Å²) in [5.41, 5.74) is 0.797. The Kier molecular flexibility index (Phi) is 6.40. The van der Waals surface area contributed by atoms with Gasteiger partial charge in [0.15, 0.2) is 0 Å². The Morgan fingerprint density at radius 3 is 2.67 bits per heavy atom. The number of likely N-dealkylation sites (tertiary alicyclic amines) is 1. The van der Waals surface area contributed by atoms with Gasteiger partial charge >= 0.3 is 0 Å². The Morgan fingerprint density at radius 2 is 2.08 bits per heavy atom. The first-order valence-corrected chi connectivity index (χ1v) is 10.5. The van der Waals surface area contributed by atoms with Crippen LogP contribution in [-0.2, 0) is 16.3 Å². The molecule has 0 spiro atoms. The highest BCUT2D eigenvalue weighted by molar-refractivity contribution is 7.90. The van der Waals surface area contributed by atoms with Crippen LogP contribution in [0.5, 0.6) is 0 Å².